The number of nitrogens with zero attached hydrogens (tertiary/aromatic N) is 2. The Morgan fingerprint density at radius 3 is 2.43 bits per heavy atom. The number of hydrogen-bond acceptors (Lipinski definition) is 8. The molecule has 1 unspecified atom stereocenters. The van der Waals surface area contributed by atoms with E-state index < -0.39 is 32.7 Å². The number of carbonyl (C=O) groups excluding carboxylic acids is 2. The van der Waals surface area contributed by atoms with Gasteiger partial charge in [0.2, 0.25) is 16.9 Å². The Balaban J connectivity index is 2.07. The molecule has 2 aromatic rings. The van der Waals surface area contributed by atoms with Gasteiger partial charge in [0.1, 0.15) is 21.8 Å². The van der Waals surface area contributed by atoms with Gasteiger partial charge in [0, 0.05) is 5.92 Å². The molecule has 0 saturated carbocycles. The lowest BCUT2D eigenvalue weighted by Gasteiger charge is -2.15. The lowest BCUT2D eigenvalue weighted by Crippen LogP contribution is -2.39. The molecule has 2 N–H and O–H groups in total. The number of para-hydroxylation sites is 2. The summed E-state index contributed by atoms with van der Waals surface area (Å²) >= 11 is 1.19. The molecule has 0 aliphatic rings. The summed E-state index contributed by atoms with van der Waals surface area (Å²) in [6.07, 6.45) is 0.0207. The number of anilines is 2. The summed E-state index contributed by atoms with van der Waals surface area (Å²) < 4.78 is 30.9. The van der Waals surface area contributed by atoms with E-state index in [-0.39, 0.29) is 17.5 Å². The van der Waals surface area contributed by atoms with Crippen LogP contribution in [0.5, 0.6) is 5.75 Å². The van der Waals surface area contributed by atoms with E-state index in [2.05, 4.69) is 20.8 Å². The van der Waals surface area contributed by atoms with E-state index in [0.717, 1.165) is 5.01 Å². The Kier molecular flexibility index (Phi) is 8.30. The minimum absolute atomic E-state index is 0.0207. The van der Waals surface area contributed by atoms with Gasteiger partial charge in [-0.3, -0.25) is 14.9 Å². The Morgan fingerprint density at radius 1 is 1.13 bits per heavy atom. The third-order valence-corrected chi connectivity index (χ3v) is 7.27. The van der Waals surface area contributed by atoms with Crippen LogP contribution in [-0.4, -0.2) is 48.0 Å². The molecule has 1 atom stereocenters. The number of aromatic nitrogens is 2. The van der Waals surface area contributed by atoms with E-state index in [4.69, 9.17) is 4.74 Å². The van der Waals surface area contributed by atoms with Gasteiger partial charge in [-0.05, 0) is 25.5 Å². The summed E-state index contributed by atoms with van der Waals surface area (Å²) in [6.45, 7) is 7.65. The van der Waals surface area contributed by atoms with Gasteiger partial charge >= 0.3 is 0 Å². The van der Waals surface area contributed by atoms with Crippen molar-refractivity contribution in [1.82, 2.24) is 10.2 Å². The standard InChI is InChI=1S/C19H26N4O5S2/c1-5-15(17(25)21-19-23-22-18(29-19)12(3)4)30(26,27)11-16(24)20-13-9-7-8-10-14(13)28-6-2/h7-10,12,15H,5-6,11H2,1-4H3,(H,20,24)(H,21,23,25). The van der Waals surface area contributed by atoms with Gasteiger partial charge in [-0.25, -0.2) is 8.42 Å². The SMILES string of the molecule is CCOc1ccccc1NC(=O)CS(=O)(=O)C(CC)C(=O)Nc1nnc(C(C)C)s1. The average Bonchev–Trinajstić information content (AvgIpc) is 3.12. The number of ether oxygens (including phenoxy) is 1. The lowest BCUT2D eigenvalue weighted by atomic mass is 10.2. The van der Waals surface area contributed by atoms with Crippen LogP contribution in [0, 0.1) is 0 Å². The van der Waals surface area contributed by atoms with Crippen LogP contribution in [0.4, 0.5) is 10.8 Å². The summed E-state index contributed by atoms with van der Waals surface area (Å²) in [5.41, 5.74) is 0.368. The van der Waals surface area contributed by atoms with Crippen molar-refractivity contribution in [3.05, 3.63) is 29.3 Å². The number of nitrogens with one attached hydrogen (secondary N) is 2. The van der Waals surface area contributed by atoms with Crippen LogP contribution in [0.3, 0.4) is 0 Å². The van der Waals surface area contributed by atoms with Gasteiger partial charge in [0.15, 0.2) is 9.84 Å². The first-order chi connectivity index (χ1) is 14.2. The van der Waals surface area contributed by atoms with Crippen LogP contribution in [0.25, 0.3) is 0 Å². The second-order valence-corrected chi connectivity index (χ2v) is 9.96. The highest BCUT2D eigenvalue weighted by molar-refractivity contribution is 7.93. The molecule has 0 aliphatic heterocycles. The quantitative estimate of drug-likeness (QED) is 0.565. The van der Waals surface area contributed by atoms with E-state index >= 15 is 0 Å². The third-order valence-electron chi connectivity index (χ3n) is 4.05. The molecule has 0 radical (unpaired) electrons. The number of amides is 2. The largest absolute Gasteiger partial charge is 0.492 e. The summed E-state index contributed by atoms with van der Waals surface area (Å²) in [5, 5.41) is 12.5. The Morgan fingerprint density at radius 2 is 1.83 bits per heavy atom. The number of hydrogen-bond donors (Lipinski definition) is 2. The number of carbonyl (C=O) groups is 2. The van der Waals surface area contributed by atoms with Crippen molar-refractivity contribution in [3.8, 4) is 5.75 Å². The molecule has 0 saturated heterocycles. The predicted molar refractivity (Wildman–Crippen MR) is 117 cm³/mol. The van der Waals surface area contributed by atoms with Crippen molar-refractivity contribution in [2.45, 2.75) is 45.3 Å². The average molecular weight is 455 g/mol. The third kappa shape index (κ3) is 6.23. The molecule has 30 heavy (non-hydrogen) atoms. The molecule has 9 nitrogen and oxygen atoms in total. The topological polar surface area (TPSA) is 127 Å². The first-order valence-electron chi connectivity index (χ1n) is 9.55. The molecule has 0 spiro atoms. The van der Waals surface area contributed by atoms with Crippen LogP contribution in [-0.2, 0) is 19.4 Å². The highest BCUT2D eigenvalue weighted by Crippen LogP contribution is 2.25. The Labute approximate surface area is 180 Å². The fourth-order valence-electron chi connectivity index (χ4n) is 2.63. The molecule has 0 bridgehead atoms. The smallest absolute Gasteiger partial charge is 0.244 e. The van der Waals surface area contributed by atoms with Gasteiger partial charge < -0.3 is 10.1 Å². The van der Waals surface area contributed by atoms with Crippen molar-refractivity contribution < 1.29 is 22.7 Å². The molecule has 1 aromatic heterocycles. The highest BCUT2D eigenvalue weighted by Gasteiger charge is 2.33. The first-order valence-corrected chi connectivity index (χ1v) is 12.1. The van der Waals surface area contributed by atoms with Crippen molar-refractivity contribution in [1.29, 1.82) is 0 Å². The number of rotatable bonds is 10. The first kappa shape index (κ1) is 23.7. The van der Waals surface area contributed by atoms with E-state index in [0.29, 0.717) is 18.0 Å². The monoisotopic (exact) mass is 454 g/mol. The molecular weight excluding hydrogens is 428 g/mol. The van der Waals surface area contributed by atoms with Gasteiger partial charge in [-0.1, -0.05) is 44.2 Å². The van der Waals surface area contributed by atoms with Crippen LogP contribution < -0.4 is 15.4 Å². The van der Waals surface area contributed by atoms with Crippen LogP contribution in [0.15, 0.2) is 24.3 Å². The molecule has 1 aromatic carbocycles. The van der Waals surface area contributed by atoms with E-state index in [9.17, 15) is 18.0 Å². The molecule has 0 aliphatic carbocycles. The van der Waals surface area contributed by atoms with Crippen LogP contribution in [0.2, 0.25) is 0 Å². The summed E-state index contributed by atoms with van der Waals surface area (Å²) in [5.74, 6) is -1.72. The summed E-state index contributed by atoms with van der Waals surface area (Å²) in [4.78, 5) is 24.9. The molecule has 11 heteroatoms. The fourth-order valence-corrected chi connectivity index (χ4v) is 4.91. The second-order valence-electron chi connectivity index (χ2n) is 6.77. The van der Waals surface area contributed by atoms with Crippen molar-refractivity contribution in [3.63, 3.8) is 0 Å². The van der Waals surface area contributed by atoms with Crippen LogP contribution in [0.1, 0.15) is 45.0 Å². The number of benzene rings is 1. The molecule has 2 amide bonds. The number of sulfone groups is 1. The molecule has 2 rings (SSSR count). The van der Waals surface area contributed by atoms with Gasteiger partial charge in [0.25, 0.3) is 0 Å². The second kappa shape index (κ2) is 10.5. The highest BCUT2D eigenvalue weighted by atomic mass is 32.2. The zero-order valence-corrected chi connectivity index (χ0v) is 19.0. The lowest BCUT2D eigenvalue weighted by molar-refractivity contribution is -0.115. The Bertz CT molecular complexity index is 988. The minimum Gasteiger partial charge on any atom is -0.492 e. The zero-order chi connectivity index (χ0) is 22.3. The Hall–Kier alpha value is -2.53. The van der Waals surface area contributed by atoms with E-state index in [1.807, 2.05) is 13.8 Å². The van der Waals surface area contributed by atoms with Crippen molar-refractivity contribution in [2.24, 2.45) is 0 Å². The van der Waals surface area contributed by atoms with Gasteiger partial charge in [0.05, 0.1) is 12.3 Å². The maximum absolute atomic E-state index is 12.7. The summed E-state index contributed by atoms with van der Waals surface area (Å²) in [7, 11) is -4.05. The van der Waals surface area contributed by atoms with Gasteiger partial charge in [-0.15, -0.1) is 10.2 Å². The molecular formula is C19H26N4O5S2. The molecule has 1 heterocycles. The molecule has 0 fully saturated rings. The predicted octanol–water partition coefficient (Wildman–Crippen LogP) is 2.83. The maximum atomic E-state index is 12.7. The fraction of sp³-hybridized carbons (Fsp3) is 0.474. The maximum Gasteiger partial charge on any atom is 0.244 e. The zero-order valence-electron chi connectivity index (χ0n) is 17.3. The normalized spacial score (nSPS) is 12.4. The summed E-state index contributed by atoms with van der Waals surface area (Å²) in [6, 6.07) is 6.72. The van der Waals surface area contributed by atoms with Crippen LogP contribution >= 0.6 is 11.3 Å². The minimum atomic E-state index is -4.05. The van der Waals surface area contributed by atoms with E-state index in [1.54, 1.807) is 38.1 Å². The van der Waals surface area contributed by atoms with Gasteiger partial charge in [-0.2, -0.15) is 0 Å². The van der Waals surface area contributed by atoms with Crippen molar-refractivity contribution >= 4 is 43.8 Å². The molecule has 164 valence electrons. The van der Waals surface area contributed by atoms with E-state index in [1.165, 1.54) is 11.3 Å². The van der Waals surface area contributed by atoms with Crippen molar-refractivity contribution in [2.75, 3.05) is 23.0 Å².